The number of phenolic OH excluding ortho intramolecular Hbond substituents is 1. The van der Waals surface area contributed by atoms with E-state index in [-0.39, 0.29) is 5.25 Å². The van der Waals surface area contributed by atoms with Crippen molar-refractivity contribution < 1.29 is 27.8 Å². The number of aliphatic hydroxyl groups is 1. The van der Waals surface area contributed by atoms with E-state index >= 15 is 0 Å². The van der Waals surface area contributed by atoms with Gasteiger partial charge in [-0.05, 0) is 86.9 Å². The number of hydrogen-bond acceptors (Lipinski definition) is 6. The van der Waals surface area contributed by atoms with Gasteiger partial charge >= 0.3 is 0 Å². The largest absolute Gasteiger partial charge is 0.505 e. The van der Waals surface area contributed by atoms with Gasteiger partial charge in [-0.15, -0.1) is 0 Å². The predicted molar refractivity (Wildman–Crippen MR) is 144 cm³/mol. The zero-order chi connectivity index (χ0) is 26.5. The van der Waals surface area contributed by atoms with Crippen LogP contribution in [0.25, 0.3) is 0 Å². The Morgan fingerprint density at radius 3 is 2.46 bits per heavy atom. The van der Waals surface area contributed by atoms with E-state index in [2.05, 4.69) is 5.32 Å². The minimum Gasteiger partial charge on any atom is -0.505 e. The molecule has 0 unspecified atom stereocenters. The Labute approximate surface area is 221 Å². The first-order chi connectivity index (χ1) is 17.9. The highest BCUT2D eigenvalue weighted by Crippen LogP contribution is 2.30. The summed E-state index contributed by atoms with van der Waals surface area (Å²) in [5.74, 6) is -1.14. The number of aryl methyl sites for hydroxylation is 1. The second-order valence-corrected chi connectivity index (χ2v) is 12.2. The van der Waals surface area contributed by atoms with Crippen LogP contribution in [0.3, 0.4) is 0 Å². The van der Waals surface area contributed by atoms with Crippen LogP contribution in [-0.4, -0.2) is 50.2 Å². The van der Waals surface area contributed by atoms with E-state index < -0.39 is 27.5 Å². The minimum atomic E-state index is -3.20. The molecule has 1 saturated carbocycles. The number of rotatable bonds is 17. The maximum Gasteiger partial charge on any atom is 0.181 e. The molecule has 0 aliphatic heterocycles. The lowest BCUT2D eigenvalue weighted by molar-refractivity contribution is 0.126. The Morgan fingerprint density at radius 1 is 0.973 bits per heavy atom. The molecule has 206 valence electrons. The van der Waals surface area contributed by atoms with Gasteiger partial charge in [0.2, 0.25) is 0 Å². The third kappa shape index (κ3) is 9.67. The van der Waals surface area contributed by atoms with Crippen LogP contribution >= 0.6 is 0 Å². The van der Waals surface area contributed by atoms with E-state index in [0.717, 1.165) is 102 Å². The van der Waals surface area contributed by atoms with Gasteiger partial charge in [-0.1, -0.05) is 43.9 Å². The molecule has 37 heavy (non-hydrogen) atoms. The monoisotopic (exact) mass is 535 g/mol. The summed E-state index contributed by atoms with van der Waals surface area (Å²) in [5, 5.41) is 22.3. The fourth-order valence-corrected chi connectivity index (χ4v) is 6.72. The number of hydrogen-bond donors (Lipinski definition) is 3. The number of sulfone groups is 1. The fourth-order valence-electron chi connectivity index (χ4n) is 4.80. The van der Waals surface area contributed by atoms with Gasteiger partial charge in [0, 0.05) is 19.8 Å². The molecule has 1 aliphatic rings. The molecule has 0 aromatic heterocycles. The van der Waals surface area contributed by atoms with E-state index in [1.807, 2.05) is 18.2 Å². The Morgan fingerprint density at radius 2 is 1.70 bits per heavy atom. The molecule has 0 amide bonds. The molecule has 0 heterocycles. The zero-order valence-corrected chi connectivity index (χ0v) is 22.5. The van der Waals surface area contributed by atoms with Crippen molar-refractivity contribution in [3.8, 4) is 5.75 Å². The second kappa shape index (κ2) is 15.4. The van der Waals surface area contributed by atoms with Gasteiger partial charge in [0.05, 0.1) is 16.2 Å². The van der Waals surface area contributed by atoms with Crippen LogP contribution in [0.4, 0.5) is 4.39 Å². The topological polar surface area (TPSA) is 95.9 Å². The Kier molecular flexibility index (Phi) is 12.3. The van der Waals surface area contributed by atoms with E-state index in [0.29, 0.717) is 17.0 Å². The summed E-state index contributed by atoms with van der Waals surface area (Å²) in [6.07, 6.45) is 9.74. The van der Waals surface area contributed by atoms with Crippen molar-refractivity contribution in [1.29, 1.82) is 0 Å². The molecule has 3 rings (SSSR count). The second-order valence-electron chi connectivity index (χ2n) is 10.0. The molecule has 1 aliphatic carbocycles. The molecular weight excluding hydrogens is 493 g/mol. The standard InChI is InChI=1S/C29H42FNO5S/c30-27-21-24(15-16-28(27)32)29(33)22-31-17-6-1-2-7-18-36-19-8-5-10-23-11-9-14-26(20-23)37(34,35)25-12-3-4-13-25/h9,11,14-16,20-21,25,29,31-33H,1-8,10,12-13,17-19,22H2/t29-/m0/s1. The molecule has 0 spiro atoms. The molecule has 0 bridgehead atoms. The summed E-state index contributed by atoms with van der Waals surface area (Å²) in [6, 6.07) is 11.4. The van der Waals surface area contributed by atoms with Crippen LogP contribution in [-0.2, 0) is 21.0 Å². The van der Waals surface area contributed by atoms with Crippen molar-refractivity contribution >= 4 is 9.84 Å². The Hall–Kier alpha value is -2.00. The zero-order valence-electron chi connectivity index (χ0n) is 21.7. The van der Waals surface area contributed by atoms with Crippen molar-refractivity contribution in [2.24, 2.45) is 0 Å². The van der Waals surface area contributed by atoms with Gasteiger partial charge in [-0.2, -0.15) is 0 Å². The summed E-state index contributed by atoms with van der Waals surface area (Å²) >= 11 is 0. The van der Waals surface area contributed by atoms with Crippen LogP contribution in [0.2, 0.25) is 0 Å². The Bertz CT molecular complexity index is 1060. The number of phenols is 1. The van der Waals surface area contributed by atoms with E-state index in [1.54, 1.807) is 6.07 Å². The molecule has 3 N–H and O–H groups in total. The predicted octanol–water partition coefficient (Wildman–Crippen LogP) is 5.47. The van der Waals surface area contributed by atoms with Crippen molar-refractivity contribution in [2.45, 2.75) is 86.9 Å². The summed E-state index contributed by atoms with van der Waals surface area (Å²) < 4.78 is 44.7. The van der Waals surface area contributed by atoms with Gasteiger partial charge in [0.25, 0.3) is 0 Å². The molecule has 1 atom stereocenters. The van der Waals surface area contributed by atoms with Crippen LogP contribution in [0.15, 0.2) is 47.4 Å². The van der Waals surface area contributed by atoms with Gasteiger partial charge in [-0.3, -0.25) is 0 Å². The smallest absolute Gasteiger partial charge is 0.181 e. The Balaban J connectivity index is 1.16. The van der Waals surface area contributed by atoms with Crippen molar-refractivity contribution in [1.82, 2.24) is 5.32 Å². The highest BCUT2D eigenvalue weighted by atomic mass is 32.2. The summed E-state index contributed by atoms with van der Waals surface area (Å²) in [6.45, 7) is 2.58. The van der Waals surface area contributed by atoms with E-state index in [1.165, 1.54) is 12.1 Å². The number of aromatic hydroxyl groups is 1. The van der Waals surface area contributed by atoms with Gasteiger partial charge in [0.15, 0.2) is 21.4 Å². The SMILES string of the molecule is O=S(=O)(c1cccc(CCCCOCCCCCCNC[C@H](O)c2ccc(O)c(F)c2)c1)C1CCCC1. The van der Waals surface area contributed by atoms with Crippen LogP contribution in [0.1, 0.15) is 81.4 Å². The third-order valence-corrected chi connectivity index (χ3v) is 9.32. The molecular formula is C29H42FNO5S. The first kappa shape index (κ1) is 29.6. The number of unbranched alkanes of at least 4 members (excludes halogenated alkanes) is 4. The number of halogens is 1. The average molecular weight is 536 g/mol. The summed E-state index contributed by atoms with van der Waals surface area (Å²) in [5.41, 5.74) is 1.52. The first-order valence-corrected chi connectivity index (χ1v) is 15.2. The average Bonchev–Trinajstić information content (AvgIpc) is 3.44. The van der Waals surface area contributed by atoms with Crippen LogP contribution in [0, 0.1) is 5.82 Å². The summed E-state index contributed by atoms with van der Waals surface area (Å²) in [4.78, 5) is 0.479. The highest BCUT2D eigenvalue weighted by molar-refractivity contribution is 7.92. The van der Waals surface area contributed by atoms with Crippen LogP contribution < -0.4 is 5.32 Å². The maximum atomic E-state index is 13.4. The lowest BCUT2D eigenvalue weighted by Crippen LogP contribution is -2.22. The number of aliphatic hydroxyl groups excluding tert-OH is 1. The van der Waals surface area contributed by atoms with Crippen LogP contribution in [0.5, 0.6) is 5.75 Å². The lowest BCUT2D eigenvalue weighted by Gasteiger charge is -2.12. The van der Waals surface area contributed by atoms with Crippen molar-refractivity contribution in [2.75, 3.05) is 26.3 Å². The molecule has 1 fully saturated rings. The number of ether oxygens (including phenoxy) is 1. The van der Waals surface area contributed by atoms with E-state index in [9.17, 15) is 23.0 Å². The third-order valence-electron chi connectivity index (χ3n) is 7.06. The van der Waals surface area contributed by atoms with Crippen molar-refractivity contribution in [3.63, 3.8) is 0 Å². The highest BCUT2D eigenvalue weighted by Gasteiger charge is 2.30. The molecule has 2 aromatic carbocycles. The van der Waals surface area contributed by atoms with Gasteiger partial charge in [0.1, 0.15) is 0 Å². The fraction of sp³-hybridized carbons (Fsp3) is 0.586. The maximum absolute atomic E-state index is 13.4. The molecule has 6 nitrogen and oxygen atoms in total. The van der Waals surface area contributed by atoms with E-state index in [4.69, 9.17) is 4.74 Å². The quantitative estimate of drug-likeness (QED) is 0.233. The first-order valence-electron chi connectivity index (χ1n) is 13.7. The molecule has 8 heteroatoms. The summed E-state index contributed by atoms with van der Waals surface area (Å²) in [7, 11) is -3.20. The molecule has 0 saturated heterocycles. The van der Waals surface area contributed by atoms with Crippen molar-refractivity contribution in [3.05, 3.63) is 59.4 Å². The van der Waals surface area contributed by atoms with Gasteiger partial charge < -0.3 is 20.3 Å². The number of benzene rings is 2. The number of nitrogens with one attached hydrogen (secondary N) is 1. The van der Waals surface area contributed by atoms with Gasteiger partial charge in [-0.25, -0.2) is 12.8 Å². The lowest BCUT2D eigenvalue weighted by atomic mass is 10.1. The minimum absolute atomic E-state index is 0.205. The molecule has 0 radical (unpaired) electrons. The molecule has 2 aromatic rings. The normalized spacial score (nSPS) is 15.3.